The highest BCUT2D eigenvalue weighted by atomic mass is 35.5. The van der Waals surface area contributed by atoms with Gasteiger partial charge in [0.2, 0.25) is 11.8 Å². The molecule has 3 aromatic rings. The van der Waals surface area contributed by atoms with Gasteiger partial charge in [0.15, 0.2) is 0 Å². The molecule has 0 unspecified atom stereocenters. The Labute approximate surface area is 156 Å². The molecule has 0 saturated heterocycles. The van der Waals surface area contributed by atoms with E-state index in [0.717, 1.165) is 5.69 Å². The summed E-state index contributed by atoms with van der Waals surface area (Å²) in [5, 5.41) is 8.65. The SMILES string of the molecule is Cc1ccc(C(=O)N(Cc2nnc(-c3ccccc3Cl)o2)C(C)C)cn1. The standard InChI is InChI=1S/C19H19ClN4O2/c1-12(2)24(19(25)14-9-8-13(3)21-10-14)11-17-22-23-18(26-17)15-6-4-5-7-16(15)20/h4-10,12H,11H2,1-3H3. The second-order valence-corrected chi connectivity index (χ2v) is 6.60. The van der Waals surface area contributed by atoms with E-state index in [-0.39, 0.29) is 18.5 Å². The molecule has 6 nitrogen and oxygen atoms in total. The zero-order chi connectivity index (χ0) is 18.7. The molecule has 0 fully saturated rings. The van der Waals surface area contributed by atoms with E-state index in [4.69, 9.17) is 16.0 Å². The van der Waals surface area contributed by atoms with Gasteiger partial charge in [0.25, 0.3) is 5.91 Å². The second kappa shape index (κ2) is 7.66. The van der Waals surface area contributed by atoms with E-state index in [1.54, 1.807) is 23.2 Å². The number of aromatic nitrogens is 3. The first-order valence-electron chi connectivity index (χ1n) is 8.26. The Kier molecular flexibility index (Phi) is 5.32. The zero-order valence-electron chi connectivity index (χ0n) is 14.8. The molecule has 2 heterocycles. The van der Waals surface area contributed by atoms with Crippen LogP contribution in [0.15, 0.2) is 47.0 Å². The number of carbonyl (C=O) groups excluding carboxylic acids is 1. The molecule has 26 heavy (non-hydrogen) atoms. The third-order valence-electron chi connectivity index (χ3n) is 3.92. The second-order valence-electron chi connectivity index (χ2n) is 6.20. The van der Waals surface area contributed by atoms with Crippen molar-refractivity contribution in [2.45, 2.75) is 33.4 Å². The number of amides is 1. The quantitative estimate of drug-likeness (QED) is 0.674. The first-order chi connectivity index (χ1) is 12.5. The molecular formula is C19H19ClN4O2. The van der Waals surface area contributed by atoms with Gasteiger partial charge in [-0.1, -0.05) is 23.7 Å². The Morgan fingerprint density at radius 3 is 2.62 bits per heavy atom. The molecule has 2 aromatic heterocycles. The van der Waals surface area contributed by atoms with Gasteiger partial charge in [-0.2, -0.15) is 0 Å². The first-order valence-corrected chi connectivity index (χ1v) is 8.64. The summed E-state index contributed by atoms with van der Waals surface area (Å²) in [4.78, 5) is 18.7. The number of hydrogen-bond acceptors (Lipinski definition) is 5. The Hall–Kier alpha value is -2.73. The van der Waals surface area contributed by atoms with Crippen molar-refractivity contribution in [1.29, 1.82) is 0 Å². The van der Waals surface area contributed by atoms with Crippen LogP contribution in [-0.2, 0) is 6.54 Å². The van der Waals surface area contributed by atoms with Gasteiger partial charge >= 0.3 is 0 Å². The highest BCUT2D eigenvalue weighted by Crippen LogP contribution is 2.26. The van der Waals surface area contributed by atoms with Crippen LogP contribution < -0.4 is 0 Å². The summed E-state index contributed by atoms with van der Waals surface area (Å²) >= 11 is 6.17. The van der Waals surface area contributed by atoms with Gasteiger partial charge in [0.1, 0.15) is 0 Å². The fraction of sp³-hybridized carbons (Fsp3) is 0.263. The molecule has 0 saturated carbocycles. The first kappa shape index (κ1) is 18.1. The van der Waals surface area contributed by atoms with Crippen LogP contribution in [0.1, 0.15) is 35.8 Å². The summed E-state index contributed by atoms with van der Waals surface area (Å²) in [5.74, 6) is 0.547. The fourth-order valence-corrected chi connectivity index (χ4v) is 2.67. The van der Waals surface area contributed by atoms with Crippen LogP contribution in [0.2, 0.25) is 5.02 Å². The number of halogens is 1. The largest absolute Gasteiger partial charge is 0.419 e. The molecule has 0 spiro atoms. The Morgan fingerprint density at radius 2 is 1.96 bits per heavy atom. The number of carbonyl (C=O) groups is 1. The molecule has 1 aromatic carbocycles. The van der Waals surface area contributed by atoms with E-state index in [0.29, 0.717) is 27.9 Å². The van der Waals surface area contributed by atoms with E-state index >= 15 is 0 Å². The molecule has 134 valence electrons. The van der Waals surface area contributed by atoms with Gasteiger partial charge in [-0.05, 0) is 45.0 Å². The summed E-state index contributed by atoms with van der Waals surface area (Å²) in [5.41, 5.74) is 2.05. The molecule has 0 aliphatic carbocycles. The normalized spacial score (nSPS) is 11.0. The van der Waals surface area contributed by atoms with Gasteiger partial charge in [-0.15, -0.1) is 10.2 Å². The van der Waals surface area contributed by atoms with Crippen LogP contribution >= 0.6 is 11.6 Å². The van der Waals surface area contributed by atoms with Gasteiger partial charge < -0.3 is 9.32 Å². The summed E-state index contributed by atoms with van der Waals surface area (Å²) in [6, 6.07) is 10.8. The maximum atomic E-state index is 12.8. The average molecular weight is 371 g/mol. The molecule has 0 aliphatic heterocycles. The third kappa shape index (κ3) is 3.91. The van der Waals surface area contributed by atoms with Crippen molar-refractivity contribution >= 4 is 17.5 Å². The Bertz CT molecular complexity index is 906. The van der Waals surface area contributed by atoms with Gasteiger partial charge in [0.05, 0.1) is 22.7 Å². The number of hydrogen-bond donors (Lipinski definition) is 0. The molecule has 0 N–H and O–H groups in total. The van der Waals surface area contributed by atoms with Crippen molar-refractivity contribution in [3.8, 4) is 11.5 Å². The lowest BCUT2D eigenvalue weighted by Gasteiger charge is -2.25. The summed E-state index contributed by atoms with van der Waals surface area (Å²) < 4.78 is 5.72. The van der Waals surface area contributed by atoms with Crippen LogP contribution in [-0.4, -0.2) is 32.0 Å². The number of nitrogens with zero attached hydrogens (tertiary/aromatic N) is 4. The van der Waals surface area contributed by atoms with Crippen LogP contribution in [0.4, 0.5) is 0 Å². The molecule has 1 amide bonds. The smallest absolute Gasteiger partial charge is 0.256 e. The van der Waals surface area contributed by atoms with Crippen molar-refractivity contribution in [2.75, 3.05) is 0 Å². The molecule has 7 heteroatoms. The predicted octanol–water partition coefficient (Wildman–Crippen LogP) is 4.14. The Balaban J connectivity index is 1.82. The summed E-state index contributed by atoms with van der Waals surface area (Å²) in [6.07, 6.45) is 1.58. The highest BCUT2D eigenvalue weighted by Gasteiger charge is 2.22. The molecule has 0 atom stereocenters. The molecular weight excluding hydrogens is 352 g/mol. The van der Waals surface area contributed by atoms with Crippen LogP contribution in [0.25, 0.3) is 11.5 Å². The molecule has 0 aliphatic rings. The van der Waals surface area contributed by atoms with Crippen LogP contribution in [0, 0.1) is 6.92 Å². The van der Waals surface area contributed by atoms with Crippen LogP contribution in [0.5, 0.6) is 0 Å². The lowest BCUT2D eigenvalue weighted by Crippen LogP contribution is -2.36. The van der Waals surface area contributed by atoms with Crippen molar-refractivity contribution < 1.29 is 9.21 Å². The highest BCUT2D eigenvalue weighted by molar-refractivity contribution is 6.33. The topological polar surface area (TPSA) is 72.1 Å². The van der Waals surface area contributed by atoms with E-state index in [2.05, 4.69) is 15.2 Å². The monoisotopic (exact) mass is 370 g/mol. The van der Waals surface area contributed by atoms with E-state index in [1.165, 1.54) is 0 Å². The number of aryl methyl sites for hydroxylation is 1. The maximum absolute atomic E-state index is 12.8. The van der Waals surface area contributed by atoms with E-state index in [9.17, 15) is 4.79 Å². The predicted molar refractivity (Wildman–Crippen MR) is 98.7 cm³/mol. The van der Waals surface area contributed by atoms with E-state index in [1.807, 2.05) is 45.0 Å². The van der Waals surface area contributed by atoms with Crippen LogP contribution in [0.3, 0.4) is 0 Å². The van der Waals surface area contributed by atoms with Crippen molar-refractivity contribution in [1.82, 2.24) is 20.1 Å². The van der Waals surface area contributed by atoms with Gasteiger partial charge in [0, 0.05) is 17.9 Å². The van der Waals surface area contributed by atoms with Gasteiger partial charge in [-0.25, -0.2) is 0 Å². The average Bonchev–Trinajstić information content (AvgIpc) is 3.08. The maximum Gasteiger partial charge on any atom is 0.256 e. The Morgan fingerprint density at radius 1 is 1.19 bits per heavy atom. The van der Waals surface area contributed by atoms with Gasteiger partial charge in [-0.3, -0.25) is 9.78 Å². The molecule has 0 bridgehead atoms. The van der Waals surface area contributed by atoms with Crippen molar-refractivity contribution in [3.05, 3.63) is 64.8 Å². The fourth-order valence-electron chi connectivity index (χ4n) is 2.46. The lowest BCUT2D eigenvalue weighted by molar-refractivity contribution is 0.0672. The van der Waals surface area contributed by atoms with Crippen molar-refractivity contribution in [3.63, 3.8) is 0 Å². The minimum atomic E-state index is -0.134. The van der Waals surface area contributed by atoms with Crippen molar-refractivity contribution in [2.24, 2.45) is 0 Å². The molecule has 0 radical (unpaired) electrons. The summed E-state index contributed by atoms with van der Waals surface area (Å²) in [6.45, 7) is 5.96. The number of pyridine rings is 1. The number of rotatable bonds is 5. The minimum Gasteiger partial charge on any atom is -0.419 e. The number of benzene rings is 1. The lowest BCUT2D eigenvalue weighted by atomic mass is 10.2. The third-order valence-corrected chi connectivity index (χ3v) is 4.25. The molecule has 3 rings (SSSR count). The van der Waals surface area contributed by atoms with E-state index < -0.39 is 0 Å². The summed E-state index contributed by atoms with van der Waals surface area (Å²) in [7, 11) is 0. The zero-order valence-corrected chi connectivity index (χ0v) is 15.6. The minimum absolute atomic E-state index is 0.0422.